The van der Waals surface area contributed by atoms with Crippen molar-refractivity contribution in [1.82, 2.24) is 4.98 Å². The maximum absolute atomic E-state index is 11.4. The normalized spacial score (nSPS) is 25.4. The number of aliphatic carboxylic acids is 1. The molecule has 0 aliphatic heterocycles. The molecular formula is C12H14BrN3O4. The summed E-state index contributed by atoms with van der Waals surface area (Å²) in [6.07, 6.45) is 3.41. The van der Waals surface area contributed by atoms with E-state index >= 15 is 0 Å². The fourth-order valence-electron chi connectivity index (χ4n) is 2.50. The molecule has 2 atom stereocenters. The first-order valence-electron chi connectivity index (χ1n) is 6.14. The van der Waals surface area contributed by atoms with Gasteiger partial charge in [0, 0.05) is 22.8 Å². The van der Waals surface area contributed by atoms with Crippen molar-refractivity contribution in [2.24, 2.45) is 5.41 Å². The zero-order valence-electron chi connectivity index (χ0n) is 10.8. The predicted octanol–water partition coefficient (Wildman–Crippen LogP) is 2.81. The minimum absolute atomic E-state index is 0.109. The van der Waals surface area contributed by atoms with Gasteiger partial charge in [-0.25, -0.2) is 4.98 Å². The monoisotopic (exact) mass is 343 g/mol. The van der Waals surface area contributed by atoms with E-state index in [2.05, 4.69) is 26.2 Å². The third-order valence-corrected chi connectivity index (χ3v) is 4.22. The molecule has 2 N–H and O–H groups in total. The van der Waals surface area contributed by atoms with Gasteiger partial charge in [0.25, 0.3) is 0 Å². The van der Waals surface area contributed by atoms with Crippen molar-refractivity contribution in [3.05, 3.63) is 26.9 Å². The molecule has 1 aliphatic carbocycles. The highest BCUT2D eigenvalue weighted by molar-refractivity contribution is 9.10. The Morgan fingerprint density at radius 1 is 1.70 bits per heavy atom. The minimum Gasteiger partial charge on any atom is -0.481 e. The molecule has 0 saturated heterocycles. The van der Waals surface area contributed by atoms with Crippen molar-refractivity contribution in [1.29, 1.82) is 0 Å². The van der Waals surface area contributed by atoms with E-state index in [0.29, 0.717) is 17.3 Å². The first kappa shape index (κ1) is 14.7. The van der Waals surface area contributed by atoms with Gasteiger partial charge in [-0.05, 0) is 35.7 Å². The van der Waals surface area contributed by atoms with Gasteiger partial charge in [-0.1, -0.05) is 6.42 Å². The molecule has 0 spiro atoms. The molecule has 1 saturated carbocycles. The second-order valence-electron chi connectivity index (χ2n) is 5.09. The van der Waals surface area contributed by atoms with Crippen LogP contribution in [0.25, 0.3) is 0 Å². The summed E-state index contributed by atoms with van der Waals surface area (Å²) >= 11 is 3.13. The average Bonchev–Trinajstić information content (AvgIpc) is 2.74. The third-order valence-electron chi connectivity index (χ3n) is 3.79. The molecule has 20 heavy (non-hydrogen) atoms. The summed E-state index contributed by atoms with van der Waals surface area (Å²) < 4.78 is 0.502. The SMILES string of the molecule is CC1(C(=O)O)CCCC1Nc1ncc(Br)cc1[N+](=O)[O-]. The third kappa shape index (κ3) is 2.60. The van der Waals surface area contributed by atoms with Crippen LogP contribution >= 0.6 is 15.9 Å². The van der Waals surface area contributed by atoms with Crippen LogP contribution in [0, 0.1) is 15.5 Å². The van der Waals surface area contributed by atoms with Gasteiger partial charge in [0.2, 0.25) is 5.82 Å². The van der Waals surface area contributed by atoms with E-state index in [1.54, 1.807) is 6.92 Å². The lowest BCUT2D eigenvalue weighted by Gasteiger charge is -2.27. The second kappa shape index (κ2) is 5.35. The summed E-state index contributed by atoms with van der Waals surface area (Å²) in [4.78, 5) is 25.9. The fraction of sp³-hybridized carbons (Fsp3) is 0.500. The van der Waals surface area contributed by atoms with Crippen LogP contribution in [0.5, 0.6) is 0 Å². The number of hydrogen-bond donors (Lipinski definition) is 2. The van der Waals surface area contributed by atoms with Crippen LogP contribution in [0.2, 0.25) is 0 Å². The minimum atomic E-state index is -0.928. The van der Waals surface area contributed by atoms with Crippen molar-refractivity contribution in [2.45, 2.75) is 32.2 Å². The number of carbonyl (C=O) groups is 1. The molecule has 2 unspecified atom stereocenters. The molecule has 1 aliphatic rings. The maximum Gasteiger partial charge on any atom is 0.312 e. The summed E-state index contributed by atoms with van der Waals surface area (Å²) in [5.41, 5.74) is -1.10. The van der Waals surface area contributed by atoms with Gasteiger partial charge >= 0.3 is 11.7 Å². The topological polar surface area (TPSA) is 105 Å². The summed E-state index contributed by atoms with van der Waals surface area (Å²) in [5.74, 6) is -0.787. The number of rotatable bonds is 4. The van der Waals surface area contributed by atoms with E-state index in [-0.39, 0.29) is 17.5 Å². The van der Waals surface area contributed by atoms with Crippen LogP contribution < -0.4 is 5.32 Å². The Morgan fingerprint density at radius 2 is 2.40 bits per heavy atom. The number of aromatic nitrogens is 1. The Bertz CT molecular complexity index is 566. The number of halogens is 1. The molecule has 2 rings (SSSR count). The second-order valence-corrected chi connectivity index (χ2v) is 6.01. The Labute approximate surface area is 123 Å². The fourth-order valence-corrected chi connectivity index (χ4v) is 2.82. The Morgan fingerprint density at radius 3 is 3.00 bits per heavy atom. The van der Waals surface area contributed by atoms with E-state index in [9.17, 15) is 20.0 Å². The van der Waals surface area contributed by atoms with E-state index in [1.165, 1.54) is 12.3 Å². The van der Waals surface area contributed by atoms with Gasteiger partial charge in [0.05, 0.1) is 10.3 Å². The number of nitrogens with one attached hydrogen (secondary N) is 1. The molecule has 1 aromatic rings. The Balaban J connectivity index is 2.31. The number of pyridine rings is 1. The van der Waals surface area contributed by atoms with Crippen LogP contribution in [0.3, 0.4) is 0 Å². The van der Waals surface area contributed by atoms with Gasteiger partial charge in [0.1, 0.15) is 0 Å². The summed E-state index contributed by atoms with van der Waals surface area (Å²) in [5, 5.41) is 23.3. The first-order chi connectivity index (χ1) is 9.34. The number of carboxylic acids is 1. The highest BCUT2D eigenvalue weighted by Crippen LogP contribution is 2.40. The van der Waals surface area contributed by atoms with Crippen LogP contribution in [-0.4, -0.2) is 27.0 Å². The van der Waals surface area contributed by atoms with E-state index in [4.69, 9.17) is 0 Å². The number of carboxylic acid groups (broad SMARTS) is 1. The number of nitrogens with zero attached hydrogens (tertiary/aromatic N) is 2. The van der Waals surface area contributed by atoms with E-state index in [0.717, 1.165) is 6.42 Å². The van der Waals surface area contributed by atoms with Gasteiger partial charge in [0.15, 0.2) is 0 Å². The summed E-state index contributed by atoms with van der Waals surface area (Å²) in [6.45, 7) is 1.66. The van der Waals surface area contributed by atoms with Crippen LogP contribution in [0.1, 0.15) is 26.2 Å². The molecule has 1 fully saturated rings. The molecular weight excluding hydrogens is 330 g/mol. The molecule has 108 valence electrons. The van der Waals surface area contributed by atoms with Gasteiger partial charge in [-0.2, -0.15) is 0 Å². The standard InChI is InChI=1S/C12H14BrN3O4/c1-12(11(17)18)4-2-3-9(12)15-10-8(16(19)20)5-7(13)6-14-10/h5-6,9H,2-4H2,1H3,(H,14,15)(H,17,18). The largest absolute Gasteiger partial charge is 0.481 e. The smallest absolute Gasteiger partial charge is 0.312 e. The van der Waals surface area contributed by atoms with Crippen molar-refractivity contribution >= 4 is 33.4 Å². The van der Waals surface area contributed by atoms with E-state index < -0.39 is 16.3 Å². The quantitative estimate of drug-likeness (QED) is 0.643. The van der Waals surface area contributed by atoms with Gasteiger partial charge in [-0.15, -0.1) is 0 Å². The zero-order valence-corrected chi connectivity index (χ0v) is 12.4. The van der Waals surface area contributed by atoms with Crippen LogP contribution in [-0.2, 0) is 4.79 Å². The molecule has 0 radical (unpaired) electrons. The predicted molar refractivity (Wildman–Crippen MR) is 75.6 cm³/mol. The van der Waals surface area contributed by atoms with Crippen LogP contribution in [0.4, 0.5) is 11.5 Å². The van der Waals surface area contributed by atoms with Crippen molar-refractivity contribution in [3.63, 3.8) is 0 Å². The van der Waals surface area contributed by atoms with Gasteiger partial charge < -0.3 is 10.4 Å². The van der Waals surface area contributed by atoms with Crippen molar-refractivity contribution in [2.75, 3.05) is 5.32 Å². The highest BCUT2D eigenvalue weighted by atomic mass is 79.9. The number of hydrogen-bond acceptors (Lipinski definition) is 5. The summed E-state index contributed by atoms with van der Waals surface area (Å²) in [7, 11) is 0. The lowest BCUT2D eigenvalue weighted by atomic mass is 9.85. The average molecular weight is 344 g/mol. The summed E-state index contributed by atoms with van der Waals surface area (Å²) in [6, 6.07) is 0.981. The Hall–Kier alpha value is -1.70. The Kier molecular flexibility index (Phi) is 3.94. The van der Waals surface area contributed by atoms with E-state index in [1.807, 2.05) is 0 Å². The molecule has 0 aromatic carbocycles. The lowest BCUT2D eigenvalue weighted by molar-refractivity contribution is -0.384. The molecule has 7 nitrogen and oxygen atoms in total. The van der Waals surface area contributed by atoms with Crippen molar-refractivity contribution < 1.29 is 14.8 Å². The van der Waals surface area contributed by atoms with Crippen LogP contribution in [0.15, 0.2) is 16.7 Å². The molecule has 8 heteroatoms. The number of anilines is 1. The van der Waals surface area contributed by atoms with Crippen molar-refractivity contribution in [3.8, 4) is 0 Å². The zero-order chi connectivity index (χ0) is 14.9. The molecule has 0 amide bonds. The van der Waals surface area contributed by atoms with Gasteiger partial charge in [-0.3, -0.25) is 14.9 Å². The number of nitro groups is 1. The first-order valence-corrected chi connectivity index (χ1v) is 6.94. The highest BCUT2D eigenvalue weighted by Gasteiger charge is 2.46. The maximum atomic E-state index is 11.4. The lowest BCUT2D eigenvalue weighted by Crippen LogP contribution is -2.40. The molecule has 1 heterocycles. The molecule has 1 aromatic heterocycles. The molecule has 0 bridgehead atoms.